The molecule has 0 unspecified atom stereocenters. The van der Waals surface area contributed by atoms with Crippen molar-refractivity contribution in [3.05, 3.63) is 59.3 Å². The van der Waals surface area contributed by atoms with Gasteiger partial charge in [0, 0.05) is 0 Å². The Morgan fingerprint density at radius 2 is 1.94 bits per heavy atom. The Hall–Kier alpha value is -2.89. The topological polar surface area (TPSA) is 80.1 Å². The summed E-state index contributed by atoms with van der Waals surface area (Å²) >= 11 is 0. The van der Waals surface area contributed by atoms with Crippen LogP contribution in [0.1, 0.15) is 67.2 Å². The second-order valence-corrected chi connectivity index (χ2v) is 7.55. The SMILES string of the molecule is CC/C=C/C(=C\C=C(C)\C(CCCC)=C(/Nc1cncc(OC(C)C)n1)C(C)=N)OC. The van der Waals surface area contributed by atoms with Gasteiger partial charge in [0.25, 0.3) is 0 Å². The van der Waals surface area contributed by atoms with Crippen LogP contribution in [0.2, 0.25) is 0 Å². The van der Waals surface area contributed by atoms with Gasteiger partial charge in [-0.15, -0.1) is 0 Å². The zero-order chi connectivity index (χ0) is 23.2. The molecule has 2 N–H and O–H groups in total. The van der Waals surface area contributed by atoms with Gasteiger partial charge in [0.05, 0.1) is 37.0 Å². The molecule has 1 aromatic rings. The first-order valence-corrected chi connectivity index (χ1v) is 11.0. The molecule has 6 heteroatoms. The number of hydrogen-bond donors (Lipinski definition) is 2. The minimum absolute atomic E-state index is 0.0119. The van der Waals surface area contributed by atoms with Crippen LogP contribution in [0.4, 0.5) is 5.82 Å². The van der Waals surface area contributed by atoms with E-state index in [2.05, 4.69) is 42.1 Å². The van der Waals surface area contributed by atoms with Gasteiger partial charge in [0.15, 0.2) is 5.82 Å². The van der Waals surface area contributed by atoms with Crippen molar-refractivity contribution >= 4 is 11.5 Å². The molecule has 0 atom stereocenters. The summed E-state index contributed by atoms with van der Waals surface area (Å²) in [5.74, 6) is 1.81. The van der Waals surface area contributed by atoms with Gasteiger partial charge in [-0.25, -0.2) is 0 Å². The van der Waals surface area contributed by atoms with E-state index in [9.17, 15) is 0 Å². The number of nitrogens with one attached hydrogen (secondary N) is 2. The highest BCUT2D eigenvalue weighted by Crippen LogP contribution is 2.24. The minimum atomic E-state index is 0.0119. The van der Waals surface area contributed by atoms with Gasteiger partial charge in [-0.1, -0.05) is 32.4 Å². The number of allylic oxidation sites excluding steroid dienone is 7. The molecular formula is C25H38N4O2. The molecule has 31 heavy (non-hydrogen) atoms. The summed E-state index contributed by atoms with van der Waals surface area (Å²) in [4.78, 5) is 8.72. The van der Waals surface area contributed by atoms with E-state index in [0.717, 1.165) is 48.3 Å². The second kappa shape index (κ2) is 14.2. The van der Waals surface area contributed by atoms with Crippen LogP contribution in [0.5, 0.6) is 5.88 Å². The van der Waals surface area contributed by atoms with Crippen molar-refractivity contribution < 1.29 is 9.47 Å². The highest BCUT2D eigenvalue weighted by molar-refractivity contribution is 5.99. The smallest absolute Gasteiger partial charge is 0.234 e. The summed E-state index contributed by atoms with van der Waals surface area (Å²) in [5.41, 5.74) is 3.34. The fourth-order valence-corrected chi connectivity index (χ4v) is 2.84. The highest BCUT2D eigenvalue weighted by Gasteiger charge is 2.13. The van der Waals surface area contributed by atoms with Crippen LogP contribution in [-0.2, 0) is 4.74 Å². The minimum Gasteiger partial charge on any atom is -0.497 e. The Labute approximate surface area is 187 Å². The zero-order valence-corrected chi connectivity index (χ0v) is 20.1. The molecule has 1 heterocycles. The van der Waals surface area contributed by atoms with Crippen LogP contribution in [0, 0.1) is 5.41 Å². The average molecular weight is 427 g/mol. The highest BCUT2D eigenvalue weighted by atomic mass is 16.5. The number of methoxy groups -OCH3 is 1. The van der Waals surface area contributed by atoms with E-state index in [1.807, 2.05) is 32.1 Å². The van der Waals surface area contributed by atoms with E-state index in [0.29, 0.717) is 17.4 Å². The number of rotatable bonds is 13. The maximum atomic E-state index is 8.39. The number of ether oxygens (including phenoxy) is 2. The van der Waals surface area contributed by atoms with Crippen molar-refractivity contribution in [3.8, 4) is 5.88 Å². The first-order valence-electron chi connectivity index (χ1n) is 11.0. The predicted molar refractivity (Wildman–Crippen MR) is 130 cm³/mol. The van der Waals surface area contributed by atoms with Crippen molar-refractivity contribution in [1.82, 2.24) is 9.97 Å². The van der Waals surface area contributed by atoms with Gasteiger partial charge < -0.3 is 20.2 Å². The van der Waals surface area contributed by atoms with E-state index in [1.54, 1.807) is 26.4 Å². The van der Waals surface area contributed by atoms with E-state index in [-0.39, 0.29) is 6.10 Å². The molecule has 0 aliphatic carbocycles. The van der Waals surface area contributed by atoms with Crippen LogP contribution in [0.25, 0.3) is 0 Å². The van der Waals surface area contributed by atoms with Crippen LogP contribution in [0.15, 0.2) is 59.3 Å². The molecule has 0 amide bonds. The Morgan fingerprint density at radius 1 is 1.19 bits per heavy atom. The number of unbranched alkanes of at least 4 members (excludes halogenated alkanes) is 1. The van der Waals surface area contributed by atoms with E-state index < -0.39 is 0 Å². The lowest BCUT2D eigenvalue weighted by Crippen LogP contribution is -2.14. The predicted octanol–water partition coefficient (Wildman–Crippen LogP) is 6.60. The molecule has 6 nitrogen and oxygen atoms in total. The summed E-state index contributed by atoms with van der Waals surface area (Å²) in [5, 5.41) is 11.7. The number of aromatic nitrogens is 2. The molecule has 0 saturated heterocycles. The van der Waals surface area contributed by atoms with Crippen LogP contribution in [0.3, 0.4) is 0 Å². The monoisotopic (exact) mass is 426 g/mol. The third-order valence-electron chi connectivity index (χ3n) is 4.41. The Balaban J connectivity index is 3.36. The van der Waals surface area contributed by atoms with Crippen molar-refractivity contribution in [3.63, 3.8) is 0 Å². The summed E-state index contributed by atoms with van der Waals surface area (Å²) in [7, 11) is 1.67. The standard InChI is InChI=1S/C25H38N4O2/c1-8-10-12-21(30-7)15-14-19(5)22(13-11-9-2)25(20(6)26)29-23-16-27-17-24(28-23)31-18(3)4/h10,12,14-18,26H,8-9,11,13H2,1-7H3,(H,28,29)/b12-10+,19-14+,21-15+,25-22-,26-20?. The largest absolute Gasteiger partial charge is 0.497 e. The van der Waals surface area contributed by atoms with Crippen LogP contribution >= 0.6 is 0 Å². The molecular weight excluding hydrogens is 388 g/mol. The molecule has 0 bridgehead atoms. The van der Waals surface area contributed by atoms with E-state index in [1.165, 1.54) is 0 Å². The molecule has 1 aromatic heterocycles. The first-order chi connectivity index (χ1) is 14.8. The van der Waals surface area contributed by atoms with Gasteiger partial charge in [-0.3, -0.25) is 4.98 Å². The zero-order valence-electron chi connectivity index (χ0n) is 20.1. The maximum absolute atomic E-state index is 8.39. The summed E-state index contributed by atoms with van der Waals surface area (Å²) in [6, 6.07) is 0. The molecule has 0 fully saturated rings. The average Bonchev–Trinajstić information content (AvgIpc) is 2.73. The molecule has 0 saturated carbocycles. The fraction of sp³-hybridized carbons (Fsp3) is 0.480. The van der Waals surface area contributed by atoms with E-state index >= 15 is 0 Å². The lowest BCUT2D eigenvalue weighted by molar-refractivity contribution is 0.232. The Morgan fingerprint density at radius 3 is 2.52 bits per heavy atom. The first kappa shape index (κ1) is 26.1. The second-order valence-electron chi connectivity index (χ2n) is 7.55. The number of anilines is 1. The van der Waals surface area contributed by atoms with Crippen molar-refractivity contribution in [1.29, 1.82) is 5.41 Å². The summed E-state index contributed by atoms with van der Waals surface area (Å²) < 4.78 is 11.1. The number of nitrogens with zero attached hydrogens (tertiary/aromatic N) is 2. The van der Waals surface area contributed by atoms with Crippen LogP contribution in [-0.4, -0.2) is 28.9 Å². The third kappa shape index (κ3) is 9.64. The van der Waals surface area contributed by atoms with Gasteiger partial charge in [-0.05, 0) is 70.3 Å². The van der Waals surface area contributed by atoms with E-state index in [4.69, 9.17) is 14.9 Å². The summed E-state index contributed by atoms with van der Waals surface area (Å²) in [6.45, 7) is 12.0. The molecule has 0 radical (unpaired) electrons. The molecule has 0 spiro atoms. The third-order valence-corrected chi connectivity index (χ3v) is 4.41. The Kier molecular flexibility index (Phi) is 12.0. The van der Waals surface area contributed by atoms with Gasteiger partial charge >= 0.3 is 0 Å². The lowest BCUT2D eigenvalue weighted by atomic mass is 9.96. The molecule has 0 aliphatic rings. The molecule has 170 valence electrons. The normalized spacial score (nSPS) is 13.4. The van der Waals surface area contributed by atoms with Gasteiger partial charge in [-0.2, -0.15) is 4.98 Å². The van der Waals surface area contributed by atoms with Gasteiger partial charge in [0.2, 0.25) is 5.88 Å². The molecule has 1 rings (SSSR count). The van der Waals surface area contributed by atoms with Crippen molar-refractivity contribution in [2.24, 2.45) is 0 Å². The molecule has 0 aliphatic heterocycles. The Bertz CT molecular complexity index is 836. The fourth-order valence-electron chi connectivity index (χ4n) is 2.84. The van der Waals surface area contributed by atoms with Crippen molar-refractivity contribution in [2.75, 3.05) is 12.4 Å². The van der Waals surface area contributed by atoms with Crippen LogP contribution < -0.4 is 10.1 Å². The van der Waals surface area contributed by atoms with Gasteiger partial charge in [0.1, 0.15) is 5.76 Å². The maximum Gasteiger partial charge on any atom is 0.234 e. The van der Waals surface area contributed by atoms with Crippen molar-refractivity contribution in [2.45, 2.75) is 73.3 Å². The number of hydrogen-bond acceptors (Lipinski definition) is 6. The molecule has 0 aromatic carbocycles. The quantitative estimate of drug-likeness (QED) is 0.211. The summed E-state index contributed by atoms with van der Waals surface area (Å²) in [6.07, 6.45) is 15.2. The lowest BCUT2D eigenvalue weighted by Gasteiger charge is -2.18.